The Hall–Kier alpha value is -0.610. The van der Waals surface area contributed by atoms with E-state index in [2.05, 4.69) is 10.2 Å². The average molecular weight is 295 g/mol. The summed E-state index contributed by atoms with van der Waals surface area (Å²) in [5.74, 6) is 1.06. The van der Waals surface area contributed by atoms with Crippen LogP contribution in [0.4, 0.5) is 0 Å². The van der Waals surface area contributed by atoms with E-state index in [-0.39, 0.29) is 5.91 Å². The first-order valence-electron chi connectivity index (χ1n) is 9.00. The fraction of sp³-hybridized carbons (Fsp3) is 0.941. The molecule has 1 saturated carbocycles. The van der Waals surface area contributed by atoms with Crippen LogP contribution in [0.1, 0.15) is 64.2 Å². The molecular weight excluding hydrogens is 262 g/mol. The van der Waals surface area contributed by atoms with Crippen molar-refractivity contribution >= 4 is 5.91 Å². The molecule has 4 nitrogen and oxygen atoms in total. The molecule has 1 unspecified atom stereocenters. The van der Waals surface area contributed by atoms with Crippen molar-refractivity contribution in [3.63, 3.8) is 0 Å². The number of nitrogens with two attached hydrogens (primary N) is 1. The Morgan fingerprint density at radius 3 is 2.62 bits per heavy atom. The Labute approximate surface area is 129 Å². The highest BCUT2D eigenvalue weighted by atomic mass is 16.1. The molecule has 0 bridgehead atoms. The molecule has 21 heavy (non-hydrogen) atoms. The molecule has 1 aliphatic heterocycles. The summed E-state index contributed by atoms with van der Waals surface area (Å²) in [4.78, 5) is 14.2. The van der Waals surface area contributed by atoms with E-state index in [1.54, 1.807) is 0 Å². The molecule has 1 heterocycles. The smallest absolute Gasteiger partial charge is 0.221 e. The largest absolute Gasteiger partial charge is 0.354 e. The van der Waals surface area contributed by atoms with Gasteiger partial charge in [0.1, 0.15) is 0 Å². The summed E-state index contributed by atoms with van der Waals surface area (Å²) in [6.45, 7) is 3.69. The zero-order valence-corrected chi connectivity index (χ0v) is 13.5. The first-order chi connectivity index (χ1) is 10.3. The van der Waals surface area contributed by atoms with Gasteiger partial charge in [0, 0.05) is 25.6 Å². The molecule has 122 valence electrons. The molecule has 4 heteroatoms. The first-order valence-corrected chi connectivity index (χ1v) is 9.00. The maximum absolute atomic E-state index is 11.6. The quantitative estimate of drug-likeness (QED) is 0.757. The molecule has 0 aromatic heterocycles. The minimum absolute atomic E-state index is 0.107. The minimum Gasteiger partial charge on any atom is -0.354 e. The summed E-state index contributed by atoms with van der Waals surface area (Å²) in [7, 11) is 0. The van der Waals surface area contributed by atoms with E-state index in [0.29, 0.717) is 19.0 Å². The number of carbonyl (C=O) groups excluding carboxylic acids is 1. The Kier molecular flexibility index (Phi) is 7.51. The zero-order chi connectivity index (χ0) is 14.9. The topological polar surface area (TPSA) is 58.4 Å². The predicted molar refractivity (Wildman–Crippen MR) is 87.1 cm³/mol. The van der Waals surface area contributed by atoms with Crippen LogP contribution in [0.25, 0.3) is 0 Å². The molecule has 2 aliphatic rings. The minimum atomic E-state index is 0.107. The number of piperidine rings is 1. The van der Waals surface area contributed by atoms with E-state index in [1.807, 2.05) is 0 Å². The van der Waals surface area contributed by atoms with Gasteiger partial charge in [-0.1, -0.05) is 38.5 Å². The van der Waals surface area contributed by atoms with Crippen LogP contribution in [-0.4, -0.2) is 43.0 Å². The molecule has 0 radical (unpaired) electrons. The van der Waals surface area contributed by atoms with Crippen molar-refractivity contribution in [3.8, 4) is 0 Å². The van der Waals surface area contributed by atoms with Crippen molar-refractivity contribution in [3.05, 3.63) is 0 Å². The Balaban J connectivity index is 1.71. The van der Waals surface area contributed by atoms with Crippen LogP contribution in [0.15, 0.2) is 0 Å². The molecule has 1 saturated heterocycles. The number of likely N-dealkylation sites (tertiary alicyclic amines) is 1. The van der Waals surface area contributed by atoms with Gasteiger partial charge in [-0.25, -0.2) is 0 Å². The third-order valence-corrected chi connectivity index (χ3v) is 5.20. The summed E-state index contributed by atoms with van der Waals surface area (Å²) in [6, 6.07) is 0.545. The monoisotopic (exact) mass is 295 g/mol. The molecule has 0 aromatic rings. The van der Waals surface area contributed by atoms with E-state index in [9.17, 15) is 4.79 Å². The van der Waals surface area contributed by atoms with Crippen molar-refractivity contribution in [2.24, 2.45) is 11.7 Å². The Bertz CT molecular complexity index is 302. The number of hydrogen-bond donors (Lipinski definition) is 2. The van der Waals surface area contributed by atoms with E-state index in [4.69, 9.17) is 5.73 Å². The lowest BCUT2D eigenvalue weighted by Crippen LogP contribution is -2.47. The molecule has 0 spiro atoms. The van der Waals surface area contributed by atoms with Gasteiger partial charge in [-0.05, 0) is 38.3 Å². The standard InChI is InChI=1S/C17H33N3O/c18-11-9-17(21)19-14-16-8-4-5-12-20(16)13-10-15-6-2-1-3-7-15/h15-16H,1-14,18H2,(H,19,21). The van der Waals surface area contributed by atoms with Gasteiger partial charge in [0.2, 0.25) is 5.91 Å². The van der Waals surface area contributed by atoms with Crippen LogP contribution in [0, 0.1) is 5.92 Å². The number of nitrogens with zero attached hydrogens (tertiary/aromatic N) is 1. The van der Waals surface area contributed by atoms with Crippen molar-refractivity contribution in [1.82, 2.24) is 10.2 Å². The van der Waals surface area contributed by atoms with Gasteiger partial charge in [0.15, 0.2) is 0 Å². The lowest BCUT2D eigenvalue weighted by Gasteiger charge is -2.37. The summed E-state index contributed by atoms with van der Waals surface area (Å²) in [5, 5.41) is 3.06. The highest BCUT2D eigenvalue weighted by Gasteiger charge is 2.23. The molecular formula is C17H33N3O. The highest BCUT2D eigenvalue weighted by molar-refractivity contribution is 5.76. The van der Waals surface area contributed by atoms with Crippen LogP contribution in [0.3, 0.4) is 0 Å². The van der Waals surface area contributed by atoms with Gasteiger partial charge < -0.3 is 11.1 Å². The lowest BCUT2D eigenvalue weighted by atomic mass is 9.86. The highest BCUT2D eigenvalue weighted by Crippen LogP contribution is 2.27. The van der Waals surface area contributed by atoms with Gasteiger partial charge in [-0.3, -0.25) is 9.69 Å². The van der Waals surface area contributed by atoms with Gasteiger partial charge >= 0.3 is 0 Å². The maximum atomic E-state index is 11.6. The van der Waals surface area contributed by atoms with E-state index >= 15 is 0 Å². The summed E-state index contributed by atoms with van der Waals surface area (Å²) >= 11 is 0. The molecule has 1 atom stereocenters. The number of nitrogens with one attached hydrogen (secondary N) is 1. The second-order valence-corrected chi connectivity index (χ2v) is 6.82. The summed E-state index contributed by atoms with van der Waals surface area (Å²) in [5.41, 5.74) is 5.42. The second kappa shape index (κ2) is 9.42. The molecule has 2 rings (SSSR count). The van der Waals surface area contributed by atoms with Crippen LogP contribution in [0.5, 0.6) is 0 Å². The average Bonchev–Trinajstić information content (AvgIpc) is 2.53. The summed E-state index contributed by atoms with van der Waals surface area (Å²) in [6.07, 6.45) is 12.8. The third-order valence-electron chi connectivity index (χ3n) is 5.20. The van der Waals surface area contributed by atoms with Crippen molar-refractivity contribution in [2.75, 3.05) is 26.2 Å². The van der Waals surface area contributed by atoms with Crippen molar-refractivity contribution < 1.29 is 4.79 Å². The van der Waals surface area contributed by atoms with Gasteiger partial charge in [0.05, 0.1) is 0 Å². The zero-order valence-electron chi connectivity index (χ0n) is 13.5. The molecule has 2 fully saturated rings. The van der Waals surface area contributed by atoms with Crippen LogP contribution in [0.2, 0.25) is 0 Å². The summed E-state index contributed by atoms with van der Waals surface area (Å²) < 4.78 is 0. The Morgan fingerprint density at radius 1 is 1.10 bits per heavy atom. The molecule has 0 aromatic carbocycles. The fourth-order valence-electron chi connectivity index (χ4n) is 3.86. The number of hydrogen-bond acceptors (Lipinski definition) is 3. The number of carbonyl (C=O) groups is 1. The third kappa shape index (κ3) is 5.95. The SMILES string of the molecule is NCCC(=O)NCC1CCCCN1CCC1CCCCC1. The van der Waals surface area contributed by atoms with Crippen LogP contribution in [-0.2, 0) is 4.79 Å². The van der Waals surface area contributed by atoms with E-state index < -0.39 is 0 Å². The Morgan fingerprint density at radius 2 is 1.86 bits per heavy atom. The molecule has 1 amide bonds. The predicted octanol–water partition coefficient (Wildman–Crippen LogP) is 2.28. The van der Waals surface area contributed by atoms with Gasteiger partial charge in [-0.15, -0.1) is 0 Å². The van der Waals surface area contributed by atoms with Crippen LogP contribution < -0.4 is 11.1 Å². The second-order valence-electron chi connectivity index (χ2n) is 6.82. The van der Waals surface area contributed by atoms with Crippen LogP contribution >= 0.6 is 0 Å². The normalized spacial score (nSPS) is 24.9. The van der Waals surface area contributed by atoms with E-state index in [1.165, 1.54) is 70.9 Å². The van der Waals surface area contributed by atoms with E-state index in [0.717, 1.165) is 12.5 Å². The number of amides is 1. The molecule has 3 N–H and O–H groups in total. The number of rotatable bonds is 7. The van der Waals surface area contributed by atoms with Gasteiger partial charge in [0.25, 0.3) is 0 Å². The van der Waals surface area contributed by atoms with Crippen molar-refractivity contribution in [1.29, 1.82) is 0 Å². The maximum Gasteiger partial charge on any atom is 0.221 e. The molecule has 1 aliphatic carbocycles. The lowest BCUT2D eigenvalue weighted by molar-refractivity contribution is -0.121. The van der Waals surface area contributed by atoms with Gasteiger partial charge in [-0.2, -0.15) is 0 Å². The first kappa shape index (κ1) is 16.8. The fourth-order valence-corrected chi connectivity index (χ4v) is 3.86. The van der Waals surface area contributed by atoms with Crippen molar-refractivity contribution in [2.45, 2.75) is 70.3 Å².